The number of methoxy groups -OCH3 is 2. The summed E-state index contributed by atoms with van der Waals surface area (Å²) in [7, 11) is 3.24. The van der Waals surface area contributed by atoms with Gasteiger partial charge in [-0.15, -0.1) is 21.5 Å². The van der Waals surface area contributed by atoms with Gasteiger partial charge in [0.15, 0.2) is 16.0 Å². The number of hydrogen-bond acceptors (Lipinski definition) is 9. The van der Waals surface area contributed by atoms with Crippen LogP contribution in [0.3, 0.4) is 0 Å². The molecule has 11 heteroatoms. The standard InChI is InChI=1S/C25H21N5O4S2/c1-32-18-9-5-16(6-10-18)20-14-35-24(26-20)27-22(31)15-36-25-29-28-23(21-4-3-13-34-21)30(25)17-7-11-19(33-2)12-8-17/h3-14H,15H2,1-2H3,(H,26,27,31). The number of ether oxygens (including phenoxy) is 2. The van der Waals surface area contributed by atoms with E-state index in [2.05, 4.69) is 20.5 Å². The summed E-state index contributed by atoms with van der Waals surface area (Å²) in [6, 6.07) is 18.7. The van der Waals surface area contributed by atoms with E-state index in [0.29, 0.717) is 21.9 Å². The molecule has 3 aromatic heterocycles. The third-order valence-electron chi connectivity index (χ3n) is 5.17. The van der Waals surface area contributed by atoms with Gasteiger partial charge in [0.05, 0.1) is 37.6 Å². The first-order valence-electron chi connectivity index (χ1n) is 10.8. The SMILES string of the molecule is COc1ccc(-c2csc(NC(=O)CSc3nnc(-c4ccco4)n3-c3ccc(OC)cc3)n2)cc1. The summed E-state index contributed by atoms with van der Waals surface area (Å²) >= 11 is 2.64. The number of benzene rings is 2. The molecule has 182 valence electrons. The van der Waals surface area contributed by atoms with Crippen molar-refractivity contribution in [2.24, 2.45) is 0 Å². The van der Waals surface area contributed by atoms with Crippen LogP contribution in [0, 0.1) is 0 Å². The highest BCUT2D eigenvalue weighted by molar-refractivity contribution is 7.99. The largest absolute Gasteiger partial charge is 0.497 e. The fourth-order valence-corrected chi connectivity index (χ4v) is 4.89. The van der Waals surface area contributed by atoms with Gasteiger partial charge >= 0.3 is 0 Å². The summed E-state index contributed by atoms with van der Waals surface area (Å²) in [5.41, 5.74) is 2.55. The van der Waals surface area contributed by atoms with E-state index in [1.54, 1.807) is 26.5 Å². The smallest absolute Gasteiger partial charge is 0.236 e. The van der Waals surface area contributed by atoms with Crippen molar-refractivity contribution >= 4 is 34.1 Å². The maximum Gasteiger partial charge on any atom is 0.236 e. The molecule has 5 aromatic rings. The van der Waals surface area contributed by atoms with Crippen molar-refractivity contribution in [1.29, 1.82) is 0 Å². The molecule has 1 N–H and O–H groups in total. The van der Waals surface area contributed by atoms with E-state index in [9.17, 15) is 4.79 Å². The predicted molar refractivity (Wildman–Crippen MR) is 139 cm³/mol. The van der Waals surface area contributed by atoms with Gasteiger partial charge in [-0.25, -0.2) is 4.98 Å². The molecule has 2 aromatic carbocycles. The summed E-state index contributed by atoms with van der Waals surface area (Å²) in [6.07, 6.45) is 1.58. The molecule has 0 aliphatic heterocycles. The van der Waals surface area contributed by atoms with E-state index in [4.69, 9.17) is 13.9 Å². The Labute approximate surface area is 215 Å². The van der Waals surface area contributed by atoms with Crippen LogP contribution in [-0.2, 0) is 4.79 Å². The Kier molecular flexibility index (Phi) is 7.01. The summed E-state index contributed by atoms with van der Waals surface area (Å²) < 4.78 is 17.9. The number of anilines is 1. The van der Waals surface area contributed by atoms with Crippen molar-refractivity contribution in [1.82, 2.24) is 19.7 Å². The zero-order valence-electron chi connectivity index (χ0n) is 19.4. The number of thioether (sulfide) groups is 1. The van der Waals surface area contributed by atoms with Gasteiger partial charge in [0.2, 0.25) is 11.7 Å². The van der Waals surface area contributed by atoms with Gasteiger partial charge in [-0.3, -0.25) is 9.36 Å². The molecule has 0 atom stereocenters. The Morgan fingerprint density at radius 2 is 1.75 bits per heavy atom. The van der Waals surface area contributed by atoms with Crippen LogP contribution in [-0.4, -0.2) is 45.6 Å². The molecule has 0 fully saturated rings. The molecule has 0 spiro atoms. The first-order chi connectivity index (χ1) is 17.6. The van der Waals surface area contributed by atoms with Crippen LogP contribution in [0.15, 0.2) is 81.9 Å². The number of nitrogens with one attached hydrogen (secondary N) is 1. The number of rotatable bonds is 9. The zero-order chi connectivity index (χ0) is 24.9. The lowest BCUT2D eigenvalue weighted by Gasteiger charge is -2.10. The molecule has 0 saturated heterocycles. The van der Waals surface area contributed by atoms with Gasteiger partial charge < -0.3 is 19.2 Å². The highest BCUT2D eigenvalue weighted by Crippen LogP contribution is 2.30. The number of nitrogens with zero attached hydrogens (tertiary/aromatic N) is 4. The second kappa shape index (κ2) is 10.7. The van der Waals surface area contributed by atoms with Gasteiger partial charge in [0.25, 0.3) is 0 Å². The molecule has 5 rings (SSSR count). The van der Waals surface area contributed by atoms with Crippen molar-refractivity contribution in [3.63, 3.8) is 0 Å². The van der Waals surface area contributed by atoms with Crippen LogP contribution in [0.2, 0.25) is 0 Å². The van der Waals surface area contributed by atoms with E-state index in [-0.39, 0.29) is 11.7 Å². The van der Waals surface area contributed by atoms with Crippen molar-refractivity contribution in [2.45, 2.75) is 5.16 Å². The van der Waals surface area contributed by atoms with Gasteiger partial charge in [-0.2, -0.15) is 0 Å². The normalized spacial score (nSPS) is 10.8. The molecule has 0 bridgehead atoms. The van der Waals surface area contributed by atoms with Crippen molar-refractivity contribution in [3.05, 3.63) is 72.3 Å². The van der Waals surface area contributed by atoms with Gasteiger partial charge in [-0.05, 0) is 60.7 Å². The van der Waals surface area contributed by atoms with E-state index in [0.717, 1.165) is 28.4 Å². The van der Waals surface area contributed by atoms with Crippen molar-refractivity contribution < 1.29 is 18.7 Å². The summed E-state index contributed by atoms with van der Waals surface area (Å²) in [5.74, 6) is 2.55. The first kappa shape index (κ1) is 23.6. The number of hydrogen-bond donors (Lipinski definition) is 1. The quantitative estimate of drug-likeness (QED) is 0.258. The molecular formula is C25H21N5O4S2. The summed E-state index contributed by atoms with van der Waals surface area (Å²) in [6.45, 7) is 0. The minimum Gasteiger partial charge on any atom is -0.497 e. The summed E-state index contributed by atoms with van der Waals surface area (Å²) in [4.78, 5) is 17.2. The number of amides is 1. The van der Waals surface area contributed by atoms with Gasteiger partial charge in [0.1, 0.15) is 11.5 Å². The number of furan rings is 1. The summed E-state index contributed by atoms with van der Waals surface area (Å²) in [5, 5.41) is 14.5. The molecule has 1 amide bonds. The second-order valence-corrected chi connectivity index (χ2v) is 9.22. The number of carbonyl (C=O) groups is 1. The van der Waals surface area contributed by atoms with E-state index in [1.807, 2.05) is 64.5 Å². The Morgan fingerprint density at radius 3 is 2.42 bits per heavy atom. The Balaban J connectivity index is 1.30. The molecule has 0 radical (unpaired) electrons. The average Bonchev–Trinajstić information content (AvgIpc) is 3.69. The minimum absolute atomic E-state index is 0.129. The van der Waals surface area contributed by atoms with Crippen molar-refractivity contribution in [3.8, 4) is 40.0 Å². The fraction of sp³-hybridized carbons (Fsp3) is 0.120. The molecule has 9 nitrogen and oxygen atoms in total. The van der Waals surface area contributed by atoms with Crippen LogP contribution in [0.25, 0.3) is 28.5 Å². The lowest BCUT2D eigenvalue weighted by Crippen LogP contribution is -2.14. The van der Waals surface area contributed by atoms with E-state index >= 15 is 0 Å². The number of carbonyl (C=O) groups excluding carboxylic acids is 1. The van der Waals surface area contributed by atoms with Crippen LogP contribution in [0.4, 0.5) is 5.13 Å². The average molecular weight is 520 g/mol. The Hall–Kier alpha value is -4.09. The Morgan fingerprint density at radius 1 is 1.03 bits per heavy atom. The van der Waals surface area contributed by atoms with Crippen molar-refractivity contribution in [2.75, 3.05) is 25.3 Å². The maximum atomic E-state index is 12.7. The van der Waals surface area contributed by atoms with Crippen LogP contribution >= 0.6 is 23.1 Å². The molecule has 0 unspecified atom stereocenters. The van der Waals surface area contributed by atoms with Gasteiger partial charge in [0, 0.05) is 10.9 Å². The zero-order valence-corrected chi connectivity index (χ0v) is 21.0. The molecule has 0 saturated carbocycles. The molecule has 0 aliphatic rings. The Bertz CT molecular complexity index is 1440. The van der Waals surface area contributed by atoms with Crippen LogP contribution in [0.1, 0.15) is 0 Å². The molecule has 36 heavy (non-hydrogen) atoms. The first-order valence-corrected chi connectivity index (χ1v) is 12.7. The monoisotopic (exact) mass is 519 g/mol. The lowest BCUT2D eigenvalue weighted by atomic mass is 10.2. The third kappa shape index (κ3) is 5.11. The lowest BCUT2D eigenvalue weighted by molar-refractivity contribution is -0.113. The number of thiazole rings is 1. The minimum atomic E-state index is -0.195. The molecule has 3 heterocycles. The highest BCUT2D eigenvalue weighted by Gasteiger charge is 2.19. The fourth-order valence-electron chi connectivity index (χ4n) is 3.40. The second-order valence-electron chi connectivity index (χ2n) is 7.42. The maximum absolute atomic E-state index is 12.7. The highest BCUT2D eigenvalue weighted by atomic mass is 32.2. The van der Waals surface area contributed by atoms with E-state index < -0.39 is 0 Å². The molecular weight excluding hydrogens is 498 g/mol. The van der Waals surface area contributed by atoms with E-state index in [1.165, 1.54) is 23.1 Å². The topological polar surface area (TPSA) is 104 Å². The molecule has 0 aliphatic carbocycles. The predicted octanol–water partition coefficient (Wildman–Crippen LogP) is 5.40. The van der Waals surface area contributed by atoms with Crippen LogP contribution < -0.4 is 14.8 Å². The number of aromatic nitrogens is 4. The van der Waals surface area contributed by atoms with Crippen LogP contribution in [0.5, 0.6) is 11.5 Å². The van der Waals surface area contributed by atoms with Gasteiger partial charge in [-0.1, -0.05) is 11.8 Å². The third-order valence-corrected chi connectivity index (χ3v) is 6.86.